The van der Waals surface area contributed by atoms with E-state index in [1.165, 1.54) is 19.3 Å². The van der Waals surface area contributed by atoms with Gasteiger partial charge in [-0.3, -0.25) is 4.68 Å². The Hall–Kier alpha value is -0.350. The number of hydrogen-bond donors (Lipinski definition) is 1. The maximum absolute atomic E-state index is 4.24. The fourth-order valence-corrected chi connectivity index (χ4v) is 2.07. The first-order chi connectivity index (χ1) is 6.34. The molecule has 1 atom stereocenters. The van der Waals surface area contributed by atoms with Crippen LogP contribution in [-0.4, -0.2) is 22.4 Å². The maximum atomic E-state index is 4.24. The van der Waals surface area contributed by atoms with Gasteiger partial charge in [0.25, 0.3) is 0 Å². The van der Waals surface area contributed by atoms with Gasteiger partial charge < -0.3 is 5.32 Å². The van der Waals surface area contributed by atoms with Gasteiger partial charge in [-0.05, 0) is 35.3 Å². The van der Waals surface area contributed by atoms with Crippen LogP contribution in [0.25, 0.3) is 0 Å². The van der Waals surface area contributed by atoms with Gasteiger partial charge in [0.15, 0.2) is 0 Å². The third-order valence-corrected chi connectivity index (χ3v) is 2.83. The molecule has 1 aromatic heterocycles. The molecule has 1 aliphatic heterocycles. The van der Waals surface area contributed by atoms with E-state index in [2.05, 4.69) is 26.3 Å². The Morgan fingerprint density at radius 1 is 1.62 bits per heavy atom. The van der Waals surface area contributed by atoms with Crippen LogP contribution in [0.15, 0.2) is 16.9 Å². The average molecular weight is 244 g/mol. The van der Waals surface area contributed by atoms with Crippen LogP contribution in [0.3, 0.4) is 0 Å². The third kappa shape index (κ3) is 2.54. The van der Waals surface area contributed by atoms with Crippen molar-refractivity contribution in [1.29, 1.82) is 0 Å². The van der Waals surface area contributed by atoms with Crippen molar-refractivity contribution in [1.82, 2.24) is 15.1 Å². The molecule has 0 spiro atoms. The molecule has 72 valence electrons. The van der Waals surface area contributed by atoms with Gasteiger partial charge in [-0.25, -0.2) is 0 Å². The van der Waals surface area contributed by atoms with E-state index in [0.29, 0.717) is 6.04 Å². The zero-order valence-electron chi connectivity index (χ0n) is 7.54. The normalized spacial score (nSPS) is 23.3. The van der Waals surface area contributed by atoms with Gasteiger partial charge >= 0.3 is 0 Å². The van der Waals surface area contributed by atoms with Gasteiger partial charge in [0.1, 0.15) is 0 Å². The highest BCUT2D eigenvalue weighted by molar-refractivity contribution is 9.10. The highest BCUT2D eigenvalue weighted by Gasteiger charge is 2.12. The minimum atomic E-state index is 0.612. The smallest absolute Gasteiger partial charge is 0.0632 e. The fourth-order valence-electron chi connectivity index (χ4n) is 1.74. The molecule has 2 rings (SSSR count). The molecule has 0 amide bonds. The Bertz CT molecular complexity index is 266. The molecule has 1 aliphatic rings. The van der Waals surface area contributed by atoms with E-state index in [4.69, 9.17) is 0 Å². The predicted octanol–water partition coefficient (Wildman–Crippen LogP) is 1.79. The minimum Gasteiger partial charge on any atom is -0.312 e. The van der Waals surface area contributed by atoms with Gasteiger partial charge in [-0.1, -0.05) is 6.42 Å². The number of nitrogens with zero attached hydrogens (tertiary/aromatic N) is 2. The first-order valence-electron chi connectivity index (χ1n) is 4.76. The van der Waals surface area contributed by atoms with E-state index in [-0.39, 0.29) is 0 Å². The van der Waals surface area contributed by atoms with Crippen LogP contribution in [0.4, 0.5) is 0 Å². The van der Waals surface area contributed by atoms with Gasteiger partial charge in [0.05, 0.1) is 17.2 Å². The molecule has 0 radical (unpaired) electrons. The van der Waals surface area contributed by atoms with Crippen molar-refractivity contribution in [3.05, 3.63) is 16.9 Å². The first kappa shape index (κ1) is 9.21. The molecule has 0 aromatic carbocycles. The number of rotatable bonds is 2. The molecule has 0 saturated carbocycles. The Morgan fingerprint density at radius 3 is 3.15 bits per heavy atom. The van der Waals surface area contributed by atoms with E-state index in [0.717, 1.165) is 17.6 Å². The van der Waals surface area contributed by atoms with Crippen molar-refractivity contribution in [2.45, 2.75) is 31.8 Å². The lowest BCUT2D eigenvalue weighted by Crippen LogP contribution is -2.37. The van der Waals surface area contributed by atoms with Crippen molar-refractivity contribution in [2.75, 3.05) is 6.54 Å². The number of piperidine rings is 1. The number of aromatic nitrogens is 2. The maximum Gasteiger partial charge on any atom is 0.0632 e. The summed E-state index contributed by atoms with van der Waals surface area (Å²) in [7, 11) is 0. The van der Waals surface area contributed by atoms with E-state index in [9.17, 15) is 0 Å². The highest BCUT2D eigenvalue weighted by Crippen LogP contribution is 2.11. The quantitative estimate of drug-likeness (QED) is 0.859. The molecule has 1 aromatic rings. The molecule has 0 bridgehead atoms. The summed E-state index contributed by atoms with van der Waals surface area (Å²) in [6.07, 6.45) is 7.80. The predicted molar refractivity (Wildman–Crippen MR) is 55.6 cm³/mol. The minimum absolute atomic E-state index is 0.612. The molecule has 1 saturated heterocycles. The Morgan fingerprint density at radius 2 is 2.54 bits per heavy atom. The monoisotopic (exact) mass is 243 g/mol. The summed E-state index contributed by atoms with van der Waals surface area (Å²) in [5, 5.41) is 7.74. The second kappa shape index (κ2) is 4.24. The number of nitrogens with one attached hydrogen (secondary N) is 1. The zero-order valence-corrected chi connectivity index (χ0v) is 9.13. The lowest BCUT2D eigenvalue weighted by Gasteiger charge is -2.23. The van der Waals surface area contributed by atoms with E-state index < -0.39 is 0 Å². The molecule has 2 heterocycles. The highest BCUT2D eigenvalue weighted by atomic mass is 79.9. The SMILES string of the molecule is Brc1cnn(CC2CCCCN2)c1. The molecule has 1 fully saturated rings. The van der Waals surface area contributed by atoms with E-state index >= 15 is 0 Å². The van der Waals surface area contributed by atoms with Crippen molar-refractivity contribution < 1.29 is 0 Å². The average Bonchev–Trinajstić information content (AvgIpc) is 2.53. The summed E-state index contributed by atoms with van der Waals surface area (Å²) in [5.74, 6) is 0. The first-order valence-corrected chi connectivity index (χ1v) is 5.55. The standard InChI is InChI=1S/C9H14BrN3/c10-8-5-12-13(6-8)7-9-3-1-2-4-11-9/h5-6,9,11H,1-4,7H2. The third-order valence-electron chi connectivity index (χ3n) is 2.42. The molecule has 13 heavy (non-hydrogen) atoms. The summed E-state index contributed by atoms with van der Waals surface area (Å²) >= 11 is 3.39. The van der Waals surface area contributed by atoms with Crippen molar-refractivity contribution >= 4 is 15.9 Å². The van der Waals surface area contributed by atoms with E-state index in [1.54, 1.807) is 0 Å². The van der Waals surface area contributed by atoms with Crippen molar-refractivity contribution in [3.8, 4) is 0 Å². The largest absolute Gasteiger partial charge is 0.312 e. The summed E-state index contributed by atoms with van der Waals surface area (Å²) in [6, 6.07) is 0.612. The Kier molecular flexibility index (Phi) is 3.01. The molecule has 0 aliphatic carbocycles. The summed E-state index contributed by atoms with van der Waals surface area (Å²) in [4.78, 5) is 0. The van der Waals surface area contributed by atoms with Crippen LogP contribution in [0.5, 0.6) is 0 Å². The van der Waals surface area contributed by atoms with Gasteiger partial charge in [0, 0.05) is 12.2 Å². The molecule has 1 unspecified atom stereocenters. The lowest BCUT2D eigenvalue weighted by atomic mass is 10.1. The summed E-state index contributed by atoms with van der Waals surface area (Å²) in [5.41, 5.74) is 0. The van der Waals surface area contributed by atoms with E-state index in [1.807, 2.05) is 17.1 Å². The topological polar surface area (TPSA) is 29.9 Å². The number of hydrogen-bond acceptors (Lipinski definition) is 2. The van der Waals surface area contributed by atoms with Crippen LogP contribution in [0.1, 0.15) is 19.3 Å². The molecule has 1 N–H and O–H groups in total. The van der Waals surface area contributed by atoms with Crippen molar-refractivity contribution in [2.24, 2.45) is 0 Å². The summed E-state index contributed by atoms with van der Waals surface area (Å²) < 4.78 is 3.05. The number of halogens is 1. The Labute approximate surface area is 86.6 Å². The summed E-state index contributed by atoms with van der Waals surface area (Å²) in [6.45, 7) is 2.15. The lowest BCUT2D eigenvalue weighted by molar-refractivity contribution is 0.351. The van der Waals surface area contributed by atoms with Crippen LogP contribution in [0, 0.1) is 0 Å². The van der Waals surface area contributed by atoms with Gasteiger partial charge in [-0.2, -0.15) is 5.10 Å². The Balaban J connectivity index is 1.89. The molecular weight excluding hydrogens is 230 g/mol. The molecular formula is C9H14BrN3. The fraction of sp³-hybridized carbons (Fsp3) is 0.667. The second-order valence-corrected chi connectivity index (χ2v) is 4.44. The van der Waals surface area contributed by atoms with Crippen molar-refractivity contribution in [3.63, 3.8) is 0 Å². The van der Waals surface area contributed by atoms with Gasteiger partial charge in [-0.15, -0.1) is 0 Å². The molecule has 3 nitrogen and oxygen atoms in total. The van der Waals surface area contributed by atoms with Crippen LogP contribution in [-0.2, 0) is 6.54 Å². The van der Waals surface area contributed by atoms with Crippen LogP contribution >= 0.6 is 15.9 Å². The second-order valence-electron chi connectivity index (χ2n) is 3.53. The zero-order chi connectivity index (χ0) is 9.10. The van der Waals surface area contributed by atoms with Crippen LogP contribution in [0.2, 0.25) is 0 Å². The molecule has 4 heteroatoms. The van der Waals surface area contributed by atoms with Gasteiger partial charge in [0.2, 0.25) is 0 Å². The van der Waals surface area contributed by atoms with Crippen LogP contribution < -0.4 is 5.32 Å².